The molecule has 0 saturated carbocycles. The van der Waals surface area contributed by atoms with Crippen LogP contribution in [0.5, 0.6) is 5.75 Å². The molecule has 0 aliphatic carbocycles. The Morgan fingerprint density at radius 1 is 1.37 bits per heavy atom. The van der Waals surface area contributed by atoms with E-state index in [2.05, 4.69) is 5.32 Å². The molecule has 0 spiro atoms. The Morgan fingerprint density at radius 2 is 1.95 bits per heavy atom. The van der Waals surface area contributed by atoms with Crippen molar-refractivity contribution in [2.45, 2.75) is 32.8 Å². The molecule has 3 N–H and O–H groups in total. The van der Waals surface area contributed by atoms with Gasteiger partial charge in [-0.1, -0.05) is 0 Å². The first-order valence-electron chi connectivity index (χ1n) is 6.23. The molecule has 1 aromatic carbocycles. The number of carboxylic acids is 1. The van der Waals surface area contributed by atoms with Crippen LogP contribution in [0.15, 0.2) is 12.1 Å². The normalized spacial score (nSPS) is 12.0. The van der Waals surface area contributed by atoms with Gasteiger partial charge >= 0.3 is 5.97 Å². The summed E-state index contributed by atoms with van der Waals surface area (Å²) >= 11 is 0. The molecule has 0 radical (unpaired) electrons. The zero-order valence-electron chi connectivity index (χ0n) is 11.6. The smallest absolute Gasteiger partial charge is 0.303 e. The summed E-state index contributed by atoms with van der Waals surface area (Å²) in [6.07, 6.45) is -0.446. The lowest BCUT2D eigenvalue weighted by Gasteiger charge is -2.15. The standard InChI is InChI=1S/C14H21NO4/c1-9-6-11(7-10(2)14(9)19-3)15-8-12(16)4-5-13(17)18/h6-7,12,15-16H,4-5,8H2,1-3H3,(H,17,18). The highest BCUT2D eigenvalue weighted by atomic mass is 16.5. The molecule has 0 aliphatic heterocycles. The number of nitrogens with one attached hydrogen (secondary N) is 1. The predicted molar refractivity (Wildman–Crippen MR) is 73.8 cm³/mol. The molecule has 1 unspecified atom stereocenters. The number of aryl methyl sites for hydroxylation is 2. The van der Waals surface area contributed by atoms with Gasteiger partial charge in [0.15, 0.2) is 0 Å². The second-order valence-corrected chi connectivity index (χ2v) is 4.61. The zero-order chi connectivity index (χ0) is 14.4. The lowest BCUT2D eigenvalue weighted by molar-refractivity contribution is -0.137. The summed E-state index contributed by atoms with van der Waals surface area (Å²) in [5, 5.41) is 21.3. The summed E-state index contributed by atoms with van der Waals surface area (Å²) in [7, 11) is 1.64. The third-order valence-corrected chi connectivity index (χ3v) is 2.90. The van der Waals surface area contributed by atoms with Gasteiger partial charge in [0.25, 0.3) is 0 Å². The molecular formula is C14H21NO4. The Bertz CT molecular complexity index is 422. The third kappa shape index (κ3) is 4.79. The average molecular weight is 267 g/mol. The number of anilines is 1. The molecule has 106 valence electrons. The summed E-state index contributed by atoms with van der Waals surface area (Å²) < 4.78 is 5.28. The quantitative estimate of drug-likeness (QED) is 0.703. The van der Waals surface area contributed by atoms with Crippen molar-refractivity contribution in [2.24, 2.45) is 0 Å². The number of carbonyl (C=O) groups is 1. The van der Waals surface area contributed by atoms with Crippen LogP contribution in [0.1, 0.15) is 24.0 Å². The van der Waals surface area contributed by atoms with E-state index >= 15 is 0 Å². The molecule has 1 atom stereocenters. The highest BCUT2D eigenvalue weighted by Gasteiger charge is 2.09. The van der Waals surface area contributed by atoms with E-state index in [0.717, 1.165) is 22.6 Å². The monoisotopic (exact) mass is 267 g/mol. The molecular weight excluding hydrogens is 246 g/mol. The van der Waals surface area contributed by atoms with Gasteiger partial charge in [0.05, 0.1) is 13.2 Å². The number of aliphatic carboxylic acids is 1. The molecule has 0 amide bonds. The Hall–Kier alpha value is -1.75. The highest BCUT2D eigenvalue weighted by Crippen LogP contribution is 2.26. The SMILES string of the molecule is COc1c(C)cc(NCC(O)CCC(=O)O)cc1C. The average Bonchev–Trinajstić information content (AvgIpc) is 2.33. The van der Waals surface area contributed by atoms with E-state index in [0.29, 0.717) is 6.54 Å². The zero-order valence-corrected chi connectivity index (χ0v) is 11.6. The largest absolute Gasteiger partial charge is 0.496 e. The minimum atomic E-state index is -0.893. The number of benzene rings is 1. The van der Waals surface area contributed by atoms with E-state index in [1.54, 1.807) is 7.11 Å². The topological polar surface area (TPSA) is 78.8 Å². The molecule has 0 bridgehead atoms. The van der Waals surface area contributed by atoms with Crippen LogP contribution in [0.4, 0.5) is 5.69 Å². The van der Waals surface area contributed by atoms with Gasteiger partial charge in [0.1, 0.15) is 5.75 Å². The van der Waals surface area contributed by atoms with Crippen LogP contribution in [0.2, 0.25) is 0 Å². The molecule has 0 fully saturated rings. The number of carboxylic acid groups (broad SMARTS) is 1. The van der Waals surface area contributed by atoms with Crippen molar-refractivity contribution < 1.29 is 19.7 Å². The van der Waals surface area contributed by atoms with Gasteiger partial charge < -0.3 is 20.3 Å². The fourth-order valence-electron chi connectivity index (χ4n) is 2.00. The summed E-state index contributed by atoms with van der Waals surface area (Å²) in [4.78, 5) is 10.4. The van der Waals surface area contributed by atoms with Crippen molar-refractivity contribution in [1.29, 1.82) is 0 Å². The molecule has 1 aromatic rings. The van der Waals surface area contributed by atoms with E-state index in [1.807, 2.05) is 26.0 Å². The van der Waals surface area contributed by atoms with E-state index in [9.17, 15) is 9.90 Å². The van der Waals surface area contributed by atoms with Crippen LogP contribution in [0, 0.1) is 13.8 Å². The molecule has 0 heterocycles. The van der Waals surface area contributed by atoms with Gasteiger partial charge in [-0.05, 0) is 43.5 Å². The van der Waals surface area contributed by atoms with Crippen LogP contribution in [0.3, 0.4) is 0 Å². The second kappa shape index (κ2) is 6.99. The first-order chi connectivity index (χ1) is 8.93. The Labute approximate surface area is 113 Å². The van der Waals surface area contributed by atoms with E-state index in [1.165, 1.54) is 0 Å². The Balaban J connectivity index is 2.56. The summed E-state index contributed by atoms with van der Waals surface area (Å²) in [5.41, 5.74) is 2.93. The van der Waals surface area contributed by atoms with Crippen LogP contribution < -0.4 is 10.1 Å². The number of methoxy groups -OCH3 is 1. The van der Waals surface area contributed by atoms with Gasteiger partial charge in [-0.25, -0.2) is 0 Å². The Morgan fingerprint density at radius 3 is 2.42 bits per heavy atom. The second-order valence-electron chi connectivity index (χ2n) is 4.61. The van der Waals surface area contributed by atoms with E-state index < -0.39 is 12.1 Å². The Kier molecular flexibility index (Phi) is 5.63. The van der Waals surface area contributed by atoms with Crippen molar-refractivity contribution in [1.82, 2.24) is 0 Å². The number of hydrogen-bond donors (Lipinski definition) is 3. The maximum atomic E-state index is 10.4. The predicted octanol–water partition coefficient (Wildman–Crippen LogP) is 1.95. The van der Waals surface area contributed by atoms with Crippen LogP contribution in [-0.2, 0) is 4.79 Å². The first-order valence-corrected chi connectivity index (χ1v) is 6.23. The van der Waals surface area contributed by atoms with Gasteiger partial charge in [-0.2, -0.15) is 0 Å². The first kappa shape index (κ1) is 15.3. The fourth-order valence-corrected chi connectivity index (χ4v) is 2.00. The maximum Gasteiger partial charge on any atom is 0.303 e. The molecule has 0 saturated heterocycles. The summed E-state index contributed by atoms with van der Waals surface area (Å²) in [5.74, 6) is -0.0350. The summed E-state index contributed by atoms with van der Waals surface area (Å²) in [6.45, 7) is 4.24. The number of rotatable bonds is 7. The highest BCUT2D eigenvalue weighted by molar-refractivity contribution is 5.66. The van der Waals surface area contributed by atoms with Gasteiger partial charge in [0.2, 0.25) is 0 Å². The van der Waals surface area contributed by atoms with E-state index in [4.69, 9.17) is 9.84 Å². The molecule has 5 heteroatoms. The van der Waals surface area contributed by atoms with Gasteiger partial charge in [0, 0.05) is 18.7 Å². The summed E-state index contributed by atoms with van der Waals surface area (Å²) in [6, 6.07) is 3.88. The van der Waals surface area contributed by atoms with Gasteiger partial charge in [-0.3, -0.25) is 4.79 Å². The van der Waals surface area contributed by atoms with Crippen LogP contribution >= 0.6 is 0 Å². The number of ether oxygens (including phenoxy) is 1. The maximum absolute atomic E-state index is 10.4. The molecule has 1 rings (SSSR count). The van der Waals surface area contributed by atoms with Crippen molar-refractivity contribution >= 4 is 11.7 Å². The van der Waals surface area contributed by atoms with Crippen molar-refractivity contribution in [3.8, 4) is 5.75 Å². The minimum Gasteiger partial charge on any atom is -0.496 e. The molecule has 0 aromatic heterocycles. The van der Waals surface area contributed by atoms with Crippen molar-refractivity contribution in [3.05, 3.63) is 23.3 Å². The van der Waals surface area contributed by atoms with Crippen molar-refractivity contribution in [3.63, 3.8) is 0 Å². The van der Waals surface area contributed by atoms with Crippen LogP contribution in [0.25, 0.3) is 0 Å². The lowest BCUT2D eigenvalue weighted by Crippen LogP contribution is -2.20. The number of aliphatic hydroxyl groups is 1. The van der Waals surface area contributed by atoms with Crippen molar-refractivity contribution in [2.75, 3.05) is 19.0 Å². The van der Waals surface area contributed by atoms with Gasteiger partial charge in [-0.15, -0.1) is 0 Å². The number of hydrogen-bond acceptors (Lipinski definition) is 4. The fraction of sp³-hybridized carbons (Fsp3) is 0.500. The van der Waals surface area contributed by atoms with E-state index in [-0.39, 0.29) is 12.8 Å². The van der Waals surface area contributed by atoms with Crippen LogP contribution in [-0.4, -0.2) is 35.9 Å². The molecule has 0 aliphatic rings. The third-order valence-electron chi connectivity index (χ3n) is 2.90. The number of aliphatic hydroxyl groups excluding tert-OH is 1. The minimum absolute atomic E-state index is 0.0243. The molecule has 5 nitrogen and oxygen atoms in total. The lowest BCUT2D eigenvalue weighted by atomic mass is 10.1. The molecule has 19 heavy (non-hydrogen) atoms.